The fourth-order valence-electron chi connectivity index (χ4n) is 4.21. The summed E-state index contributed by atoms with van der Waals surface area (Å²) in [6, 6.07) is 17.0. The molecule has 6 heteroatoms. The predicted molar refractivity (Wildman–Crippen MR) is 119 cm³/mol. The normalized spacial score (nSPS) is 14.0. The number of carbonyl (C=O) groups is 1. The summed E-state index contributed by atoms with van der Waals surface area (Å²) < 4.78 is 15.8. The molecule has 0 spiro atoms. The van der Waals surface area contributed by atoms with Crippen molar-refractivity contribution in [1.82, 2.24) is 19.6 Å². The molecule has 0 saturated carbocycles. The van der Waals surface area contributed by atoms with E-state index in [0.29, 0.717) is 6.54 Å². The van der Waals surface area contributed by atoms with Crippen LogP contribution in [0.1, 0.15) is 36.4 Å². The quantitative estimate of drug-likeness (QED) is 0.601. The van der Waals surface area contributed by atoms with Crippen molar-refractivity contribution < 1.29 is 9.18 Å². The van der Waals surface area contributed by atoms with Crippen LogP contribution in [-0.4, -0.2) is 39.1 Å². The predicted octanol–water partition coefficient (Wildman–Crippen LogP) is 4.18. The van der Waals surface area contributed by atoms with Crippen LogP contribution in [-0.2, 0) is 30.8 Å². The topological polar surface area (TPSA) is 41.4 Å². The molecule has 0 atom stereocenters. The molecular weight excluding hydrogens is 391 g/mol. The fraction of sp³-hybridized carbons (Fsp3) is 0.360. The van der Waals surface area contributed by atoms with E-state index in [1.807, 2.05) is 37.7 Å². The van der Waals surface area contributed by atoms with Crippen LogP contribution < -0.4 is 0 Å². The summed E-state index contributed by atoms with van der Waals surface area (Å²) in [5.74, 6) is -0.261. The lowest BCUT2D eigenvalue weighted by molar-refractivity contribution is -0.133. The van der Waals surface area contributed by atoms with Gasteiger partial charge in [0.15, 0.2) is 0 Å². The second-order valence-corrected chi connectivity index (χ2v) is 8.56. The van der Waals surface area contributed by atoms with E-state index in [9.17, 15) is 9.18 Å². The molecule has 1 amide bonds. The largest absolute Gasteiger partial charge is 0.340 e. The van der Waals surface area contributed by atoms with Gasteiger partial charge in [0.25, 0.3) is 0 Å². The summed E-state index contributed by atoms with van der Waals surface area (Å²) in [7, 11) is 1.82. The van der Waals surface area contributed by atoms with Gasteiger partial charge >= 0.3 is 0 Å². The molecular formula is C25H29FN4O. The van der Waals surface area contributed by atoms with Crippen LogP contribution in [0.2, 0.25) is 0 Å². The number of rotatable bonds is 6. The second-order valence-electron chi connectivity index (χ2n) is 8.56. The molecule has 0 fully saturated rings. The van der Waals surface area contributed by atoms with E-state index in [0.717, 1.165) is 48.7 Å². The first-order valence-corrected chi connectivity index (χ1v) is 10.8. The Morgan fingerprint density at radius 3 is 2.65 bits per heavy atom. The number of fused-ring (bicyclic) bond motifs is 1. The van der Waals surface area contributed by atoms with Crippen molar-refractivity contribution in [1.29, 1.82) is 0 Å². The zero-order chi connectivity index (χ0) is 22.0. The molecule has 162 valence electrons. The lowest BCUT2D eigenvalue weighted by Crippen LogP contribution is -2.33. The number of amides is 1. The lowest BCUT2D eigenvalue weighted by atomic mass is 10.0. The van der Waals surface area contributed by atoms with Crippen molar-refractivity contribution in [2.24, 2.45) is 5.92 Å². The third kappa shape index (κ3) is 4.69. The summed E-state index contributed by atoms with van der Waals surface area (Å²) in [6.07, 6.45) is 0.827. The molecule has 0 saturated heterocycles. The number of nitrogens with zero attached hydrogens (tertiary/aromatic N) is 4. The van der Waals surface area contributed by atoms with E-state index in [4.69, 9.17) is 5.10 Å². The van der Waals surface area contributed by atoms with Crippen molar-refractivity contribution in [2.45, 2.75) is 39.9 Å². The Balaban J connectivity index is 1.67. The van der Waals surface area contributed by atoms with E-state index < -0.39 is 0 Å². The highest BCUT2D eigenvalue weighted by atomic mass is 19.1. The minimum atomic E-state index is -0.281. The highest BCUT2D eigenvalue weighted by Gasteiger charge is 2.27. The third-order valence-corrected chi connectivity index (χ3v) is 5.78. The Bertz CT molecular complexity index is 1060. The molecule has 0 radical (unpaired) electrons. The summed E-state index contributed by atoms with van der Waals surface area (Å²) in [5, 5.41) is 4.86. The van der Waals surface area contributed by atoms with Crippen molar-refractivity contribution in [3.05, 3.63) is 82.9 Å². The van der Waals surface area contributed by atoms with Crippen LogP contribution in [0.15, 0.2) is 54.6 Å². The first-order chi connectivity index (χ1) is 14.9. The van der Waals surface area contributed by atoms with Crippen LogP contribution in [0.3, 0.4) is 0 Å². The van der Waals surface area contributed by atoms with Gasteiger partial charge < -0.3 is 4.90 Å². The van der Waals surface area contributed by atoms with Crippen molar-refractivity contribution in [3.63, 3.8) is 0 Å². The molecule has 1 aliphatic heterocycles. The number of hydrogen-bond acceptors (Lipinski definition) is 3. The smallest absolute Gasteiger partial charge is 0.225 e. The Labute approximate surface area is 183 Å². The standard InChI is InChI=1S/C25H29FN4O/c1-18(2)25(31)28(3)17-23-22-16-29(15-19-8-5-4-6-9-19)13-12-24(22)30(27-23)21-11-7-10-20(26)14-21/h4-11,14,18H,12-13,15-17H2,1-3H3. The molecule has 2 aromatic carbocycles. The van der Waals surface area contributed by atoms with Crippen LogP contribution >= 0.6 is 0 Å². The first-order valence-electron chi connectivity index (χ1n) is 10.8. The highest BCUT2D eigenvalue weighted by molar-refractivity contribution is 5.77. The van der Waals surface area contributed by atoms with E-state index >= 15 is 0 Å². The van der Waals surface area contributed by atoms with Crippen molar-refractivity contribution in [2.75, 3.05) is 13.6 Å². The summed E-state index contributed by atoms with van der Waals surface area (Å²) in [4.78, 5) is 16.6. The van der Waals surface area contributed by atoms with Gasteiger partial charge in [-0.3, -0.25) is 9.69 Å². The molecule has 3 aromatic rings. The van der Waals surface area contributed by atoms with E-state index in [2.05, 4.69) is 29.2 Å². The van der Waals surface area contributed by atoms with Crippen molar-refractivity contribution in [3.8, 4) is 5.69 Å². The molecule has 31 heavy (non-hydrogen) atoms. The van der Waals surface area contributed by atoms with Gasteiger partial charge in [-0.15, -0.1) is 0 Å². The second kappa shape index (κ2) is 9.02. The maximum absolute atomic E-state index is 13.9. The number of benzene rings is 2. The van der Waals surface area contributed by atoms with Gasteiger partial charge in [0.2, 0.25) is 5.91 Å². The molecule has 4 rings (SSSR count). The lowest BCUT2D eigenvalue weighted by Gasteiger charge is -2.28. The third-order valence-electron chi connectivity index (χ3n) is 5.78. The number of aromatic nitrogens is 2. The van der Waals surface area contributed by atoms with Crippen LogP contribution in [0.5, 0.6) is 0 Å². The minimum absolute atomic E-state index is 0.0688. The van der Waals surface area contributed by atoms with Gasteiger partial charge in [0.05, 0.1) is 23.6 Å². The SMILES string of the molecule is CC(C)C(=O)N(C)Cc1nn(-c2cccc(F)c2)c2c1CN(Cc1ccccc1)CC2. The molecule has 0 bridgehead atoms. The zero-order valence-electron chi connectivity index (χ0n) is 18.4. The Kier molecular flexibility index (Phi) is 6.18. The van der Waals surface area contributed by atoms with Gasteiger partial charge in [-0.1, -0.05) is 50.2 Å². The fourth-order valence-corrected chi connectivity index (χ4v) is 4.21. The van der Waals surface area contributed by atoms with E-state index in [1.54, 1.807) is 11.0 Å². The van der Waals surface area contributed by atoms with Gasteiger partial charge in [-0.2, -0.15) is 5.10 Å². The average molecular weight is 421 g/mol. The number of halogens is 1. The Morgan fingerprint density at radius 2 is 1.94 bits per heavy atom. The number of hydrogen-bond donors (Lipinski definition) is 0. The molecule has 2 heterocycles. The molecule has 0 unspecified atom stereocenters. The van der Waals surface area contributed by atoms with Gasteiger partial charge in [0.1, 0.15) is 5.82 Å². The zero-order valence-corrected chi connectivity index (χ0v) is 18.4. The maximum Gasteiger partial charge on any atom is 0.225 e. The van der Waals surface area contributed by atoms with E-state index in [1.165, 1.54) is 17.7 Å². The Morgan fingerprint density at radius 1 is 1.16 bits per heavy atom. The summed E-state index contributed by atoms with van der Waals surface area (Å²) in [6.45, 7) is 6.79. The average Bonchev–Trinajstić information content (AvgIpc) is 3.11. The van der Waals surface area contributed by atoms with Gasteiger partial charge in [0, 0.05) is 44.6 Å². The van der Waals surface area contributed by atoms with E-state index in [-0.39, 0.29) is 17.6 Å². The Hall–Kier alpha value is -2.99. The molecule has 1 aromatic heterocycles. The number of carbonyl (C=O) groups excluding carboxylic acids is 1. The van der Waals surface area contributed by atoms with Crippen LogP contribution in [0.25, 0.3) is 5.69 Å². The molecule has 0 N–H and O–H groups in total. The van der Waals surface area contributed by atoms with Crippen LogP contribution in [0, 0.1) is 11.7 Å². The van der Waals surface area contributed by atoms with Crippen molar-refractivity contribution >= 4 is 5.91 Å². The van der Waals surface area contributed by atoms with Gasteiger partial charge in [-0.25, -0.2) is 9.07 Å². The molecule has 0 aliphatic carbocycles. The monoisotopic (exact) mass is 420 g/mol. The van der Waals surface area contributed by atoms with Gasteiger partial charge in [-0.05, 0) is 23.8 Å². The molecule has 5 nitrogen and oxygen atoms in total. The van der Waals surface area contributed by atoms with Crippen LogP contribution in [0.4, 0.5) is 4.39 Å². The summed E-state index contributed by atoms with van der Waals surface area (Å²) >= 11 is 0. The first kappa shape index (κ1) is 21.2. The highest BCUT2D eigenvalue weighted by Crippen LogP contribution is 2.27. The molecule has 1 aliphatic rings. The maximum atomic E-state index is 13.9. The minimum Gasteiger partial charge on any atom is -0.340 e. The summed E-state index contributed by atoms with van der Waals surface area (Å²) in [5.41, 5.74) is 5.13.